The molecule has 22 heavy (non-hydrogen) atoms. The first-order valence-corrected chi connectivity index (χ1v) is 7.54. The number of benzene rings is 2. The number of nitrogens with one attached hydrogen (secondary N) is 1. The number of fused-ring (bicyclic) bond motifs is 2. The van der Waals surface area contributed by atoms with Gasteiger partial charge in [-0.05, 0) is 47.8 Å². The minimum absolute atomic E-state index is 0.328. The van der Waals surface area contributed by atoms with Crippen LogP contribution < -0.4 is 0 Å². The number of hydrogen-bond donors (Lipinski definition) is 1. The van der Waals surface area contributed by atoms with Crippen LogP contribution in [0.3, 0.4) is 0 Å². The molecule has 108 valence electrons. The van der Waals surface area contributed by atoms with Gasteiger partial charge in [0.2, 0.25) is 0 Å². The summed E-state index contributed by atoms with van der Waals surface area (Å²) >= 11 is 0. The number of aromatic nitrogens is 1. The van der Waals surface area contributed by atoms with Gasteiger partial charge < -0.3 is 9.88 Å². The Hall–Kier alpha value is -2.57. The van der Waals surface area contributed by atoms with Crippen molar-refractivity contribution in [3.63, 3.8) is 0 Å². The number of rotatable bonds is 1. The van der Waals surface area contributed by atoms with Crippen molar-refractivity contribution in [2.24, 2.45) is 0 Å². The molecule has 1 atom stereocenters. The molecule has 1 aromatic heterocycles. The van der Waals surface area contributed by atoms with Gasteiger partial charge in [-0.3, -0.25) is 0 Å². The Kier molecular flexibility index (Phi) is 2.99. The zero-order valence-electron chi connectivity index (χ0n) is 12.5. The van der Waals surface area contributed by atoms with Crippen LogP contribution in [0.5, 0.6) is 0 Å². The van der Waals surface area contributed by atoms with E-state index < -0.39 is 0 Å². The van der Waals surface area contributed by atoms with Crippen molar-refractivity contribution in [3.8, 4) is 6.07 Å². The van der Waals surface area contributed by atoms with Gasteiger partial charge in [0.15, 0.2) is 0 Å². The van der Waals surface area contributed by atoms with E-state index in [1.54, 1.807) is 0 Å². The molecule has 1 aliphatic rings. The minimum Gasteiger partial charge on any atom is -0.358 e. The summed E-state index contributed by atoms with van der Waals surface area (Å²) < 4.78 is 0. The maximum atomic E-state index is 9.11. The summed E-state index contributed by atoms with van der Waals surface area (Å²) in [5, 5.41) is 10.4. The normalized spacial score (nSPS) is 18.1. The molecular weight excluding hydrogens is 270 g/mol. The number of hydrogen-bond acceptors (Lipinski definition) is 2. The lowest BCUT2D eigenvalue weighted by atomic mass is 9.87. The van der Waals surface area contributed by atoms with Crippen molar-refractivity contribution in [2.75, 3.05) is 13.6 Å². The van der Waals surface area contributed by atoms with E-state index in [1.807, 2.05) is 12.1 Å². The van der Waals surface area contributed by atoms with E-state index in [1.165, 1.54) is 27.7 Å². The lowest BCUT2D eigenvalue weighted by molar-refractivity contribution is 0.293. The predicted molar refractivity (Wildman–Crippen MR) is 87.6 cm³/mol. The molecule has 0 fully saturated rings. The second kappa shape index (κ2) is 5.01. The van der Waals surface area contributed by atoms with Crippen LogP contribution in [0, 0.1) is 11.3 Å². The first-order chi connectivity index (χ1) is 10.7. The number of likely N-dealkylation sites (N-methyl/N-ethyl adjacent to an activating group) is 1. The van der Waals surface area contributed by atoms with E-state index in [4.69, 9.17) is 5.26 Å². The van der Waals surface area contributed by atoms with Crippen molar-refractivity contribution in [1.29, 1.82) is 5.26 Å². The smallest absolute Gasteiger partial charge is 0.0991 e. The van der Waals surface area contributed by atoms with Gasteiger partial charge in [0, 0.05) is 30.2 Å². The lowest BCUT2D eigenvalue weighted by Crippen LogP contribution is -2.31. The van der Waals surface area contributed by atoms with Crippen LogP contribution in [0.25, 0.3) is 10.9 Å². The third kappa shape index (κ3) is 2.09. The molecule has 1 N–H and O–H groups in total. The third-order valence-corrected chi connectivity index (χ3v) is 4.51. The predicted octanol–water partition coefficient (Wildman–Crippen LogP) is 3.62. The first kappa shape index (κ1) is 13.1. The molecule has 3 nitrogen and oxygen atoms in total. The fraction of sp³-hybridized carbons (Fsp3) is 0.211. The molecule has 0 bridgehead atoms. The van der Waals surface area contributed by atoms with Gasteiger partial charge in [0.1, 0.15) is 0 Å². The Morgan fingerprint density at radius 3 is 2.86 bits per heavy atom. The molecule has 0 saturated heterocycles. The Balaban J connectivity index is 1.84. The molecular formula is C19H17N3. The highest BCUT2D eigenvalue weighted by molar-refractivity contribution is 5.80. The number of H-pyrrole nitrogens is 1. The Bertz CT molecular complexity index is 852. The van der Waals surface area contributed by atoms with Crippen LogP contribution in [0.1, 0.15) is 28.3 Å². The highest BCUT2D eigenvalue weighted by Crippen LogP contribution is 2.34. The Morgan fingerprint density at radius 2 is 2.05 bits per heavy atom. The number of nitriles is 1. The topological polar surface area (TPSA) is 42.8 Å². The van der Waals surface area contributed by atoms with E-state index in [2.05, 4.69) is 59.4 Å². The van der Waals surface area contributed by atoms with Crippen LogP contribution in [0.4, 0.5) is 0 Å². The second-order valence-corrected chi connectivity index (χ2v) is 6.09. The maximum Gasteiger partial charge on any atom is 0.0991 e. The molecule has 0 aliphatic carbocycles. The molecule has 3 heteroatoms. The van der Waals surface area contributed by atoms with Crippen molar-refractivity contribution >= 4 is 10.9 Å². The van der Waals surface area contributed by atoms with Crippen molar-refractivity contribution < 1.29 is 0 Å². The van der Waals surface area contributed by atoms with Crippen LogP contribution >= 0.6 is 0 Å². The van der Waals surface area contributed by atoms with E-state index in [0.717, 1.165) is 18.7 Å². The second-order valence-electron chi connectivity index (χ2n) is 6.09. The SMILES string of the molecule is CN1Cc2cc(C#N)ccc2C(c2cc3ccccc3[nH]2)C1. The quantitative estimate of drug-likeness (QED) is 0.743. The summed E-state index contributed by atoms with van der Waals surface area (Å²) in [7, 11) is 2.14. The zero-order valence-corrected chi connectivity index (χ0v) is 12.5. The zero-order chi connectivity index (χ0) is 15.1. The van der Waals surface area contributed by atoms with Crippen molar-refractivity contribution in [2.45, 2.75) is 12.5 Å². The fourth-order valence-electron chi connectivity index (χ4n) is 3.47. The molecule has 4 rings (SSSR count). The van der Waals surface area contributed by atoms with Crippen molar-refractivity contribution in [1.82, 2.24) is 9.88 Å². The number of aromatic amines is 1. The monoisotopic (exact) mass is 287 g/mol. The molecule has 1 unspecified atom stereocenters. The number of nitrogens with zero attached hydrogens (tertiary/aromatic N) is 2. The molecule has 0 saturated carbocycles. The van der Waals surface area contributed by atoms with Gasteiger partial charge in [0.05, 0.1) is 11.6 Å². The van der Waals surface area contributed by atoms with Crippen LogP contribution in [0.15, 0.2) is 48.5 Å². The van der Waals surface area contributed by atoms with Crippen LogP contribution in [-0.2, 0) is 6.54 Å². The Morgan fingerprint density at radius 1 is 1.18 bits per heavy atom. The summed E-state index contributed by atoms with van der Waals surface area (Å²) in [6, 6.07) is 19.0. The summed E-state index contributed by atoms with van der Waals surface area (Å²) in [6.45, 7) is 1.90. The van der Waals surface area contributed by atoms with Gasteiger partial charge in [-0.25, -0.2) is 0 Å². The Labute approximate surface area is 129 Å². The third-order valence-electron chi connectivity index (χ3n) is 4.51. The summed E-state index contributed by atoms with van der Waals surface area (Å²) in [5.74, 6) is 0.328. The molecule has 0 amide bonds. The van der Waals surface area contributed by atoms with Gasteiger partial charge >= 0.3 is 0 Å². The molecule has 0 spiro atoms. The molecule has 2 aromatic carbocycles. The standard InChI is InChI=1S/C19H17N3/c1-22-11-15-8-13(10-20)6-7-16(15)17(12-22)19-9-14-4-2-3-5-18(14)21-19/h2-9,17,21H,11-12H2,1H3. The maximum absolute atomic E-state index is 9.11. The number of para-hydroxylation sites is 1. The minimum atomic E-state index is 0.328. The molecule has 2 heterocycles. The van der Waals surface area contributed by atoms with Crippen LogP contribution in [-0.4, -0.2) is 23.5 Å². The summed E-state index contributed by atoms with van der Waals surface area (Å²) in [4.78, 5) is 5.88. The molecule has 3 aromatic rings. The average Bonchev–Trinajstić information content (AvgIpc) is 2.97. The summed E-state index contributed by atoms with van der Waals surface area (Å²) in [6.07, 6.45) is 0. The van der Waals surface area contributed by atoms with Gasteiger partial charge in [-0.2, -0.15) is 5.26 Å². The van der Waals surface area contributed by atoms with E-state index in [-0.39, 0.29) is 0 Å². The molecule has 1 aliphatic heterocycles. The molecule has 0 radical (unpaired) electrons. The van der Waals surface area contributed by atoms with Gasteiger partial charge in [-0.15, -0.1) is 0 Å². The van der Waals surface area contributed by atoms with E-state index >= 15 is 0 Å². The highest BCUT2D eigenvalue weighted by Gasteiger charge is 2.26. The fourth-order valence-corrected chi connectivity index (χ4v) is 3.47. The van der Waals surface area contributed by atoms with E-state index in [0.29, 0.717) is 5.92 Å². The summed E-state index contributed by atoms with van der Waals surface area (Å²) in [5.41, 5.74) is 5.77. The largest absolute Gasteiger partial charge is 0.358 e. The van der Waals surface area contributed by atoms with E-state index in [9.17, 15) is 0 Å². The first-order valence-electron chi connectivity index (χ1n) is 7.54. The van der Waals surface area contributed by atoms with Gasteiger partial charge in [0.25, 0.3) is 0 Å². The van der Waals surface area contributed by atoms with Gasteiger partial charge in [-0.1, -0.05) is 24.3 Å². The highest BCUT2D eigenvalue weighted by atomic mass is 15.1. The van der Waals surface area contributed by atoms with Crippen molar-refractivity contribution in [3.05, 3.63) is 70.9 Å². The average molecular weight is 287 g/mol. The van der Waals surface area contributed by atoms with Crippen LogP contribution in [0.2, 0.25) is 0 Å². The lowest BCUT2D eigenvalue weighted by Gasteiger charge is -2.32.